The summed E-state index contributed by atoms with van der Waals surface area (Å²) in [7, 11) is 0. The summed E-state index contributed by atoms with van der Waals surface area (Å²) in [6.07, 6.45) is 2.76. The van der Waals surface area contributed by atoms with E-state index in [1.54, 1.807) is 0 Å². The van der Waals surface area contributed by atoms with Crippen molar-refractivity contribution in [3.8, 4) is 0 Å². The Morgan fingerprint density at radius 2 is 2.04 bits per heavy atom. The Hall–Kier alpha value is -2.13. The van der Waals surface area contributed by atoms with E-state index >= 15 is 0 Å². The van der Waals surface area contributed by atoms with Gasteiger partial charge in [-0.15, -0.1) is 0 Å². The average Bonchev–Trinajstić information content (AvgIpc) is 3.07. The van der Waals surface area contributed by atoms with Crippen LogP contribution in [0.3, 0.4) is 0 Å². The molecule has 1 atom stereocenters. The van der Waals surface area contributed by atoms with Gasteiger partial charge in [0.2, 0.25) is 0 Å². The zero-order valence-electron chi connectivity index (χ0n) is 13.6. The van der Waals surface area contributed by atoms with Gasteiger partial charge in [0.1, 0.15) is 0 Å². The molecule has 0 radical (unpaired) electrons. The summed E-state index contributed by atoms with van der Waals surface area (Å²) >= 11 is 0. The van der Waals surface area contributed by atoms with Crippen molar-refractivity contribution >= 4 is 11.5 Å². The smallest absolute Gasteiger partial charge is 0.179 e. The predicted molar refractivity (Wildman–Crippen MR) is 95.2 cm³/mol. The molecular formula is C20H24N2O. The van der Waals surface area contributed by atoms with Gasteiger partial charge in [0.25, 0.3) is 0 Å². The first-order chi connectivity index (χ1) is 11.3. The Morgan fingerprint density at radius 1 is 1.22 bits per heavy atom. The molecule has 0 saturated carbocycles. The number of Topliss-reactive ketones (excluding diaryl/α,β-unsaturated/α-hetero) is 1. The molecule has 2 N–H and O–H groups in total. The van der Waals surface area contributed by atoms with Gasteiger partial charge in [-0.2, -0.15) is 0 Å². The number of carbonyl (C=O) groups is 1. The first kappa shape index (κ1) is 15.8. The Bertz CT molecular complexity index is 667. The summed E-state index contributed by atoms with van der Waals surface area (Å²) in [6, 6.07) is 16.3. The molecule has 0 aromatic heterocycles. The lowest BCUT2D eigenvalue weighted by Crippen LogP contribution is -2.37. The molecule has 0 fully saturated rings. The van der Waals surface area contributed by atoms with Gasteiger partial charge in [-0.1, -0.05) is 37.3 Å². The van der Waals surface area contributed by atoms with Gasteiger partial charge >= 0.3 is 0 Å². The van der Waals surface area contributed by atoms with E-state index in [4.69, 9.17) is 0 Å². The van der Waals surface area contributed by atoms with Gasteiger partial charge in [0.15, 0.2) is 5.78 Å². The molecule has 0 spiro atoms. The van der Waals surface area contributed by atoms with Crippen LogP contribution in [0, 0.1) is 0 Å². The lowest BCUT2D eigenvalue weighted by molar-refractivity contribution is 0.0941. The Kier molecular flexibility index (Phi) is 5.09. The predicted octanol–water partition coefficient (Wildman–Crippen LogP) is 3.45. The molecule has 1 aliphatic rings. The summed E-state index contributed by atoms with van der Waals surface area (Å²) in [5.41, 5.74) is 4.55. The van der Waals surface area contributed by atoms with Crippen molar-refractivity contribution in [1.29, 1.82) is 0 Å². The molecule has 0 aliphatic carbocycles. The summed E-state index contributed by atoms with van der Waals surface area (Å²) < 4.78 is 0. The van der Waals surface area contributed by atoms with Crippen molar-refractivity contribution in [3.05, 3.63) is 65.2 Å². The van der Waals surface area contributed by atoms with Crippen LogP contribution in [-0.4, -0.2) is 24.9 Å². The molecule has 0 saturated heterocycles. The number of carbonyl (C=O) groups excluding carboxylic acids is 1. The highest BCUT2D eigenvalue weighted by molar-refractivity contribution is 6.00. The first-order valence-electron chi connectivity index (χ1n) is 8.46. The highest BCUT2D eigenvalue weighted by atomic mass is 16.1. The number of hydrogen-bond donors (Lipinski definition) is 2. The number of hydrogen-bond acceptors (Lipinski definition) is 3. The minimum atomic E-state index is -0.105. The normalized spacial score (nSPS) is 14.1. The van der Waals surface area contributed by atoms with E-state index in [0.29, 0.717) is 0 Å². The standard InChI is InChI=1S/C20H24N2O/c1-2-18(21-12-10-15-6-4-3-5-7-15)20(23)17-8-9-19-16(14-17)11-13-22-19/h3-9,14,18,21-22H,2,10-13H2,1H3. The molecule has 1 unspecified atom stereocenters. The fourth-order valence-corrected chi connectivity index (χ4v) is 3.12. The van der Waals surface area contributed by atoms with Gasteiger partial charge in [-0.25, -0.2) is 0 Å². The first-order valence-corrected chi connectivity index (χ1v) is 8.46. The second-order valence-corrected chi connectivity index (χ2v) is 6.06. The molecule has 3 rings (SSSR count). The molecule has 2 aromatic carbocycles. The second-order valence-electron chi connectivity index (χ2n) is 6.06. The van der Waals surface area contributed by atoms with E-state index in [1.807, 2.05) is 18.2 Å². The van der Waals surface area contributed by atoms with Gasteiger partial charge in [0.05, 0.1) is 6.04 Å². The minimum absolute atomic E-state index is 0.105. The van der Waals surface area contributed by atoms with E-state index < -0.39 is 0 Å². The topological polar surface area (TPSA) is 41.1 Å². The van der Waals surface area contributed by atoms with Gasteiger partial charge in [0, 0.05) is 17.8 Å². The summed E-state index contributed by atoms with van der Waals surface area (Å²) in [4.78, 5) is 12.7. The molecule has 23 heavy (non-hydrogen) atoms. The van der Waals surface area contributed by atoms with Crippen molar-refractivity contribution in [2.75, 3.05) is 18.4 Å². The summed E-state index contributed by atoms with van der Waals surface area (Å²) in [6.45, 7) is 3.85. The van der Waals surface area contributed by atoms with Crippen molar-refractivity contribution in [3.63, 3.8) is 0 Å². The Morgan fingerprint density at radius 3 is 2.83 bits per heavy atom. The molecule has 3 nitrogen and oxygen atoms in total. The van der Waals surface area contributed by atoms with Crippen molar-refractivity contribution < 1.29 is 4.79 Å². The van der Waals surface area contributed by atoms with Crippen LogP contribution in [0.1, 0.15) is 34.8 Å². The van der Waals surface area contributed by atoms with E-state index in [0.717, 1.165) is 37.9 Å². The lowest BCUT2D eigenvalue weighted by atomic mass is 9.99. The number of anilines is 1. The Balaban J connectivity index is 1.60. The molecule has 120 valence electrons. The SMILES string of the molecule is CCC(NCCc1ccccc1)C(=O)c1ccc2c(c1)CCN2. The fraction of sp³-hybridized carbons (Fsp3) is 0.350. The number of ketones is 1. The quantitative estimate of drug-likeness (QED) is 0.770. The van der Waals surface area contributed by atoms with Gasteiger partial charge < -0.3 is 10.6 Å². The van der Waals surface area contributed by atoms with Crippen molar-refractivity contribution in [2.45, 2.75) is 32.2 Å². The van der Waals surface area contributed by atoms with E-state index in [9.17, 15) is 4.79 Å². The number of fused-ring (bicyclic) bond motifs is 1. The lowest BCUT2D eigenvalue weighted by Gasteiger charge is -2.16. The average molecular weight is 308 g/mol. The molecule has 2 aromatic rings. The van der Waals surface area contributed by atoms with E-state index in [-0.39, 0.29) is 11.8 Å². The minimum Gasteiger partial charge on any atom is -0.384 e. The maximum absolute atomic E-state index is 12.7. The molecule has 0 bridgehead atoms. The Labute approximate surface area is 138 Å². The highest BCUT2D eigenvalue weighted by Gasteiger charge is 2.19. The third-order valence-corrected chi connectivity index (χ3v) is 4.47. The van der Waals surface area contributed by atoms with Crippen LogP contribution in [-0.2, 0) is 12.8 Å². The molecule has 1 heterocycles. The maximum Gasteiger partial charge on any atom is 0.179 e. The number of rotatable bonds is 7. The number of nitrogens with one attached hydrogen (secondary N) is 2. The molecule has 3 heteroatoms. The van der Waals surface area contributed by atoms with Crippen LogP contribution in [0.4, 0.5) is 5.69 Å². The van der Waals surface area contributed by atoms with E-state index in [1.165, 1.54) is 16.8 Å². The number of benzene rings is 2. The van der Waals surface area contributed by atoms with Crippen LogP contribution in [0.15, 0.2) is 48.5 Å². The second kappa shape index (κ2) is 7.42. The third-order valence-electron chi connectivity index (χ3n) is 4.47. The largest absolute Gasteiger partial charge is 0.384 e. The molecule has 0 amide bonds. The van der Waals surface area contributed by atoms with Gasteiger partial charge in [-0.05, 0) is 55.1 Å². The fourth-order valence-electron chi connectivity index (χ4n) is 3.12. The van der Waals surface area contributed by atoms with Gasteiger partial charge in [-0.3, -0.25) is 4.79 Å². The molecular weight excluding hydrogens is 284 g/mol. The summed E-state index contributed by atoms with van der Waals surface area (Å²) in [5.74, 6) is 0.204. The zero-order valence-corrected chi connectivity index (χ0v) is 13.6. The van der Waals surface area contributed by atoms with Crippen LogP contribution in [0.5, 0.6) is 0 Å². The van der Waals surface area contributed by atoms with Crippen LogP contribution >= 0.6 is 0 Å². The van der Waals surface area contributed by atoms with E-state index in [2.05, 4.69) is 47.9 Å². The maximum atomic E-state index is 12.7. The van der Waals surface area contributed by atoms with Crippen LogP contribution in [0.2, 0.25) is 0 Å². The van der Waals surface area contributed by atoms with Crippen molar-refractivity contribution in [1.82, 2.24) is 5.32 Å². The highest BCUT2D eigenvalue weighted by Crippen LogP contribution is 2.23. The third kappa shape index (κ3) is 3.80. The zero-order chi connectivity index (χ0) is 16.1. The molecule has 1 aliphatic heterocycles. The van der Waals surface area contributed by atoms with Crippen LogP contribution in [0.25, 0.3) is 0 Å². The monoisotopic (exact) mass is 308 g/mol. The summed E-state index contributed by atoms with van der Waals surface area (Å²) in [5, 5.41) is 6.75. The van der Waals surface area contributed by atoms with Crippen molar-refractivity contribution in [2.24, 2.45) is 0 Å². The van der Waals surface area contributed by atoms with Crippen LogP contribution < -0.4 is 10.6 Å².